The minimum absolute atomic E-state index is 0.00645. The number of carbonyl (C=O) groups is 1. The average molecular weight is 446 g/mol. The predicted octanol–water partition coefficient (Wildman–Crippen LogP) is 4.26. The number of methoxy groups -OCH3 is 1. The number of hydrogen-bond acceptors (Lipinski definition) is 5. The van der Waals surface area contributed by atoms with Crippen molar-refractivity contribution >= 4 is 17.5 Å². The zero-order valence-corrected chi connectivity index (χ0v) is 18.5. The zero-order valence-electron chi connectivity index (χ0n) is 17.8. The molecule has 0 N–H and O–H groups in total. The molecule has 1 saturated heterocycles. The molecule has 0 radical (unpaired) electrons. The van der Waals surface area contributed by atoms with Crippen LogP contribution in [0.3, 0.4) is 0 Å². The quantitative estimate of drug-likeness (QED) is 0.637. The van der Waals surface area contributed by atoms with E-state index in [2.05, 4.69) is 0 Å². The highest BCUT2D eigenvalue weighted by Crippen LogP contribution is 2.38. The van der Waals surface area contributed by atoms with Gasteiger partial charge in [0, 0.05) is 31.7 Å². The summed E-state index contributed by atoms with van der Waals surface area (Å²) in [5.41, 5.74) is 1.77. The molecule has 1 amide bonds. The van der Waals surface area contributed by atoms with E-state index in [1.54, 1.807) is 13.2 Å². The van der Waals surface area contributed by atoms with E-state index < -0.39 is 0 Å². The number of rotatable bonds is 7. The second-order valence-electron chi connectivity index (χ2n) is 7.85. The molecule has 6 nitrogen and oxygen atoms in total. The third kappa shape index (κ3) is 5.43. The highest BCUT2D eigenvalue weighted by molar-refractivity contribution is 6.32. The lowest BCUT2D eigenvalue weighted by molar-refractivity contribution is -0.132. The van der Waals surface area contributed by atoms with E-state index in [1.165, 1.54) is 0 Å². The summed E-state index contributed by atoms with van der Waals surface area (Å²) in [6, 6.07) is 11.4. The lowest BCUT2D eigenvalue weighted by atomic mass is 10.1. The number of amides is 1. The molecule has 0 saturated carbocycles. The molecule has 4 rings (SSSR count). The number of carbonyl (C=O) groups excluding carboxylic acids is 1. The van der Waals surface area contributed by atoms with Gasteiger partial charge in [-0.05, 0) is 36.6 Å². The fraction of sp³-hybridized carbons (Fsp3) is 0.458. The SMILES string of the molecule is COc1ccccc1CN(CC1CCCO1)C(=O)Cc1cc(Cl)c2c(c1)OCCCO2. The van der Waals surface area contributed by atoms with Crippen LogP contribution in [-0.4, -0.2) is 50.4 Å². The fourth-order valence-corrected chi connectivity index (χ4v) is 4.29. The van der Waals surface area contributed by atoms with E-state index in [-0.39, 0.29) is 18.4 Å². The first-order valence-electron chi connectivity index (χ1n) is 10.7. The van der Waals surface area contributed by atoms with Crippen molar-refractivity contribution in [3.05, 3.63) is 52.5 Å². The van der Waals surface area contributed by atoms with Crippen LogP contribution in [0.1, 0.15) is 30.4 Å². The average Bonchev–Trinajstić information content (AvgIpc) is 3.16. The van der Waals surface area contributed by atoms with Crippen LogP contribution in [-0.2, 0) is 22.5 Å². The number of fused-ring (bicyclic) bond motifs is 1. The van der Waals surface area contributed by atoms with Gasteiger partial charge in [0.1, 0.15) is 5.75 Å². The molecule has 166 valence electrons. The highest BCUT2D eigenvalue weighted by Gasteiger charge is 2.25. The van der Waals surface area contributed by atoms with Crippen molar-refractivity contribution in [3.63, 3.8) is 0 Å². The van der Waals surface area contributed by atoms with Gasteiger partial charge < -0.3 is 23.8 Å². The summed E-state index contributed by atoms with van der Waals surface area (Å²) in [6.07, 6.45) is 3.07. The molecule has 1 unspecified atom stereocenters. The molecule has 0 aromatic heterocycles. The van der Waals surface area contributed by atoms with Gasteiger partial charge in [-0.15, -0.1) is 0 Å². The minimum atomic E-state index is 0.00645. The lowest BCUT2D eigenvalue weighted by Crippen LogP contribution is -2.38. The third-order valence-electron chi connectivity index (χ3n) is 5.57. The molecular formula is C24H28ClNO5. The Morgan fingerprint density at radius 1 is 1.16 bits per heavy atom. The number of hydrogen-bond donors (Lipinski definition) is 0. The summed E-state index contributed by atoms with van der Waals surface area (Å²) >= 11 is 6.42. The fourth-order valence-electron chi connectivity index (χ4n) is 4.00. The number of para-hydroxylation sites is 1. The van der Waals surface area contributed by atoms with Gasteiger partial charge in [-0.25, -0.2) is 0 Å². The molecule has 2 aromatic carbocycles. The first-order chi connectivity index (χ1) is 15.1. The van der Waals surface area contributed by atoms with E-state index in [1.807, 2.05) is 35.2 Å². The maximum absolute atomic E-state index is 13.4. The van der Waals surface area contributed by atoms with Gasteiger partial charge in [-0.1, -0.05) is 29.8 Å². The number of benzene rings is 2. The topological polar surface area (TPSA) is 57.2 Å². The van der Waals surface area contributed by atoms with Crippen LogP contribution in [0.2, 0.25) is 5.02 Å². The van der Waals surface area contributed by atoms with Crippen LogP contribution < -0.4 is 14.2 Å². The van der Waals surface area contributed by atoms with E-state index in [4.69, 9.17) is 30.5 Å². The third-order valence-corrected chi connectivity index (χ3v) is 5.85. The maximum atomic E-state index is 13.4. The predicted molar refractivity (Wildman–Crippen MR) is 118 cm³/mol. The van der Waals surface area contributed by atoms with Crippen LogP contribution in [0.15, 0.2) is 36.4 Å². The molecular weight excluding hydrogens is 418 g/mol. The maximum Gasteiger partial charge on any atom is 0.227 e. The van der Waals surface area contributed by atoms with E-state index in [9.17, 15) is 4.79 Å². The standard InChI is InChI=1S/C24H28ClNO5/c1-28-21-8-3-2-6-18(21)15-26(16-19-7-4-9-29-19)23(27)14-17-12-20(25)24-22(13-17)30-10-5-11-31-24/h2-3,6,8,12-13,19H,4-5,7,9-11,14-16H2,1H3. The number of nitrogens with zero attached hydrogens (tertiary/aromatic N) is 1. The molecule has 2 aliphatic heterocycles. The van der Waals surface area contributed by atoms with Crippen molar-refractivity contribution < 1.29 is 23.7 Å². The van der Waals surface area contributed by atoms with Gasteiger partial charge in [-0.3, -0.25) is 4.79 Å². The Morgan fingerprint density at radius 3 is 2.81 bits per heavy atom. The number of ether oxygens (including phenoxy) is 4. The van der Waals surface area contributed by atoms with Gasteiger partial charge in [0.2, 0.25) is 5.91 Å². The molecule has 0 bridgehead atoms. The van der Waals surface area contributed by atoms with E-state index >= 15 is 0 Å². The van der Waals surface area contributed by atoms with Crippen LogP contribution in [0.4, 0.5) is 0 Å². The smallest absolute Gasteiger partial charge is 0.227 e. The first kappa shape index (κ1) is 21.8. The van der Waals surface area contributed by atoms with Crippen molar-refractivity contribution in [3.8, 4) is 17.2 Å². The van der Waals surface area contributed by atoms with Crippen molar-refractivity contribution in [2.75, 3.05) is 33.5 Å². The van der Waals surface area contributed by atoms with Crippen molar-refractivity contribution in [1.29, 1.82) is 0 Å². The molecule has 7 heteroatoms. The van der Waals surface area contributed by atoms with Crippen molar-refractivity contribution in [1.82, 2.24) is 4.90 Å². The monoisotopic (exact) mass is 445 g/mol. The largest absolute Gasteiger partial charge is 0.496 e. The zero-order chi connectivity index (χ0) is 21.6. The van der Waals surface area contributed by atoms with Gasteiger partial charge >= 0.3 is 0 Å². The first-order valence-corrected chi connectivity index (χ1v) is 11.1. The molecule has 1 atom stereocenters. The Kier molecular flexibility index (Phi) is 7.20. The molecule has 0 aliphatic carbocycles. The van der Waals surface area contributed by atoms with Crippen LogP contribution in [0, 0.1) is 0 Å². The van der Waals surface area contributed by atoms with E-state index in [0.29, 0.717) is 42.8 Å². The van der Waals surface area contributed by atoms with Gasteiger partial charge in [0.25, 0.3) is 0 Å². The Morgan fingerprint density at radius 2 is 2.00 bits per heavy atom. The normalized spacial score (nSPS) is 17.8. The van der Waals surface area contributed by atoms with Gasteiger partial charge in [0.15, 0.2) is 11.5 Å². The Balaban J connectivity index is 1.54. The second-order valence-corrected chi connectivity index (χ2v) is 8.26. The number of halogens is 1. The molecule has 1 fully saturated rings. The molecule has 2 aliphatic rings. The molecule has 2 aromatic rings. The Labute approximate surface area is 188 Å². The highest BCUT2D eigenvalue weighted by atomic mass is 35.5. The molecule has 2 heterocycles. The summed E-state index contributed by atoms with van der Waals surface area (Å²) in [4.78, 5) is 15.2. The molecule has 31 heavy (non-hydrogen) atoms. The van der Waals surface area contributed by atoms with Gasteiger partial charge in [0.05, 0.1) is 37.9 Å². The summed E-state index contributed by atoms with van der Waals surface area (Å²) in [7, 11) is 1.64. The van der Waals surface area contributed by atoms with Crippen LogP contribution in [0.5, 0.6) is 17.2 Å². The lowest BCUT2D eigenvalue weighted by Gasteiger charge is -2.26. The summed E-state index contributed by atoms with van der Waals surface area (Å²) in [5, 5.41) is 0.470. The Hall–Kier alpha value is -2.44. The summed E-state index contributed by atoms with van der Waals surface area (Å²) in [5.74, 6) is 1.93. The van der Waals surface area contributed by atoms with Crippen molar-refractivity contribution in [2.24, 2.45) is 0 Å². The van der Waals surface area contributed by atoms with Gasteiger partial charge in [-0.2, -0.15) is 0 Å². The second kappa shape index (κ2) is 10.2. The molecule has 0 spiro atoms. The van der Waals surface area contributed by atoms with Crippen LogP contribution in [0.25, 0.3) is 0 Å². The van der Waals surface area contributed by atoms with Crippen LogP contribution >= 0.6 is 11.6 Å². The minimum Gasteiger partial charge on any atom is -0.496 e. The van der Waals surface area contributed by atoms with E-state index in [0.717, 1.165) is 42.7 Å². The van der Waals surface area contributed by atoms with Crippen molar-refractivity contribution in [2.45, 2.75) is 38.3 Å². The Bertz CT molecular complexity index is 913. The summed E-state index contributed by atoms with van der Waals surface area (Å²) < 4.78 is 22.8. The summed E-state index contributed by atoms with van der Waals surface area (Å²) in [6.45, 7) is 2.90.